The Balaban J connectivity index is 2.14. The maximum Gasteiger partial charge on any atom is 0.0500 e. The van der Waals surface area contributed by atoms with Crippen molar-refractivity contribution in [3.63, 3.8) is 0 Å². The van der Waals surface area contributed by atoms with Gasteiger partial charge in [-0.15, -0.1) is 0 Å². The number of nitrogens with zero attached hydrogens (tertiary/aromatic N) is 2. The van der Waals surface area contributed by atoms with Crippen LogP contribution in [-0.4, -0.2) is 48.1 Å². The molecule has 1 aromatic rings. The third kappa shape index (κ3) is 4.06. The number of aryl methyl sites for hydroxylation is 1. The number of nitrogens with two attached hydrogens (primary N) is 1. The van der Waals surface area contributed by atoms with Crippen LogP contribution in [0.4, 0.5) is 0 Å². The fourth-order valence-electron chi connectivity index (χ4n) is 3.34. The van der Waals surface area contributed by atoms with Gasteiger partial charge in [-0.05, 0) is 32.8 Å². The number of benzene rings is 1. The van der Waals surface area contributed by atoms with E-state index in [1.54, 1.807) is 0 Å². The molecule has 2 unspecified atom stereocenters. The molecule has 21 heavy (non-hydrogen) atoms. The second kappa shape index (κ2) is 7.39. The lowest BCUT2D eigenvalue weighted by atomic mass is 9.94. The Morgan fingerprint density at radius 3 is 2.24 bits per heavy atom. The van der Waals surface area contributed by atoms with Gasteiger partial charge in [0.1, 0.15) is 0 Å². The number of hydrogen-bond donors (Lipinski definition) is 1. The normalized spacial score (nSPS) is 20.7. The molecule has 0 aromatic heterocycles. The molecule has 1 aliphatic heterocycles. The molecule has 1 saturated heterocycles. The van der Waals surface area contributed by atoms with E-state index in [0.29, 0.717) is 12.1 Å². The topological polar surface area (TPSA) is 32.5 Å². The van der Waals surface area contributed by atoms with Crippen LogP contribution in [0.1, 0.15) is 44.4 Å². The first-order valence-electron chi connectivity index (χ1n) is 8.33. The molecule has 118 valence electrons. The molecule has 0 bridgehead atoms. The Kier molecular flexibility index (Phi) is 5.80. The van der Waals surface area contributed by atoms with Crippen molar-refractivity contribution in [1.82, 2.24) is 9.80 Å². The van der Waals surface area contributed by atoms with Crippen molar-refractivity contribution >= 4 is 0 Å². The SMILES string of the molecule is CCC(N)C(c1cccc(C)c1)N1CCN(C(C)C)CC1. The van der Waals surface area contributed by atoms with Gasteiger partial charge in [-0.2, -0.15) is 0 Å². The zero-order valence-corrected chi connectivity index (χ0v) is 14.0. The third-order valence-electron chi connectivity index (χ3n) is 4.73. The highest BCUT2D eigenvalue weighted by atomic mass is 15.3. The number of hydrogen-bond acceptors (Lipinski definition) is 3. The van der Waals surface area contributed by atoms with E-state index in [1.165, 1.54) is 11.1 Å². The Labute approximate surface area is 130 Å². The van der Waals surface area contributed by atoms with E-state index in [0.717, 1.165) is 32.6 Å². The van der Waals surface area contributed by atoms with Gasteiger partial charge in [-0.3, -0.25) is 9.80 Å². The molecule has 0 radical (unpaired) electrons. The molecular formula is C18H31N3. The van der Waals surface area contributed by atoms with Gasteiger partial charge in [0.2, 0.25) is 0 Å². The largest absolute Gasteiger partial charge is 0.326 e. The van der Waals surface area contributed by atoms with Crippen LogP contribution in [-0.2, 0) is 0 Å². The van der Waals surface area contributed by atoms with Crippen molar-refractivity contribution in [2.24, 2.45) is 5.73 Å². The second-order valence-corrected chi connectivity index (χ2v) is 6.60. The molecule has 0 aliphatic carbocycles. The predicted molar refractivity (Wildman–Crippen MR) is 90.5 cm³/mol. The Hall–Kier alpha value is -0.900. The van der Waals surface area contributed by atoms with Crippen LogP contribution in [0, 0.1) is 6.92 Å². The molecule has 1 heterocycles. The van der Waals surface area contributed by atoms with Crippen LogP contribution in [0.3, 0.4) is 0 Å². The van der Waals surface area contributed by atoms with Gasteiger partial charge in [-0.1, -0.05) is 36.8 Å². The first kappa shape index (κ1) is 16.5. The molecule has 1 aromatic carbocycles. The minimum Gasteiger partial charge on any atom is -0.326 e. The highest BCUT2D eigenvalue weighted by Crippen LogP contribution is 2.27. The molecule has 2 rings (SSSR count). The minimum atomic E-state index is 0.206. The Morgan fingerprint density at radius 2 is 1.71 bits per heavy atom. The van der Waals surface area contributed by atoms with Crippen LogP contribution in [0.5, 0.6) is 0 Å². The Morgan fingerprint density at radius 1 is 1.10 bits per heavy atom. The molecule has 2 atom stereocenters. The lowest BCUT2D eigenvalue weighted by molar-refractivity contribution is 0.0679. The van der Waals surface area contributed by atoms with E-state index in [2.05, 4.69) is 61.8 Å². The summed E-state index contributed by atoms with van der Waals surface area (Å²) in [5.41, 5.74) is 9.17. The average molecular weight is 289 g/mol. The Bertz CT molecular complexity index is 436. The lowest BCUT2D eigenvalue weighted by Crippen LogP contribution is -2.52. The van der Waals surface area contributed by atoms with Crippen molar-refractivity contribution in [3.05, 3.63) is 35.4 Å². The van der Waals surface area contributed by atoms with E-state index in [-0.39, 0.29) is 6.04 Å². The van der Waals surface area contributed by atoms with Crippen LogP contribution in [0.25, 0.3) is 0 Å². The van der Waals surface area contributed by atoms with Gasteiger partial charge >= 0.3 is 0 Å². The van der Waals surface area contributed by atoms with Crippen LogP contribution >= 0.6 is 0 Å². The fourth-order valence-corrected chi connectivity index (χ4v) is 3.34. The van der Waals surface area contributed by atoms with Gasteiger partial charge in [0.15, 0.2) is 0 Å². The number of piperazine rings is 1. The standard InChI is InChI=1S/C18H31N3/c1-5-17(19)18(16-8-6-7-15(4)13-16)21-11-9-20(10-12-21)14(2)3/h6-8,13-14,17-18H,5,9-12,19H2,1-4H3. The van der Waals surface area contributed by atoms with E-state index < -0.39 is 0 Å². The van der Waals surface area contributed by atoms with Crippen molar-refractivity contribution in [1.29, 1.82) is 0 Å². The zero-order valence-electron chi connectivity index (χ0n) is 14.0. The summed E-state index contributed by atoms with van der Waals surface area (Å²) < 4.78 is 0. The molecule has 0 amide bonds. The molecule has 3 nitrogen and oxygen atoms in total. The summed E-state index contributed by atoms with van der Waals surface area (Å²) in [6.45, 7) is 13.4. The van der Waals surface area contributed by atoms with Crippen molar-refractivity contribution in [2.45, 2.75) is 52.2 Å². The van der Waals surface area contributed by atoms with E-state index in [4.69, 9.17) is 5.73 Å². The highest BCUT2D eigenvalue weighted by Gasteiger charge is 2.29. The molecule has 0 saturated carbocycles. The van der Waals surface area contributed by atoms with Crippen LogP contribution in [0.2, 0.25) is 0 Å². The molecule has 2 N–H and O–H groups in total. The average Bonchev–Trinajstić information content (AvgIpc) is 2.48. The van der Waals surface area contributed by atoms with Crippen molar-refractivity contribution in [2.75, 3.05) is 26.2 Å². The maximum absolute atomic E-state index is 6.47. The molecule has 0 spiro atoms. The number of rotatable bonds is 5. The van der Waals surface area contributed by atoms with Crippen LogP contribution in [0.15, 0.2) is 24.3 Å². The summed E-state index contributed by atoms with van der Waals surface area (Å²) in [5, 5.41) is 0. The van der Waals surface area contributed by atoms with E-state index in [9.17, 15) is 0 Å². The minimum absolute atomic E-state index is 0.206. The highest BCUT2D eigenvalue weighted by molar-refractivity contribution is 5.26. The molecule has 3 heteroatoms. The zero-order chi connectivity index (χ0) is 15.4. The van der Waals surface area contributed by atoms with Gasteiger partial charge < -0.3 is 5.73 Å². The first-order valence-corrected chi connectivity index (χ1v) is 8.33. The molecule has 1 fully saturated rings. The first-order chi connectivity index (χ1) is 10.0. The van der Waals surface area contributed by atoms with E-state index in [1.807, 2.05) is 0 Å². The van der Waals surface area contributed by atoms with Gasteiger partial charge in [-0.25, -0.2) is 0 Å². The monoisotopic (exact) mass is 289 g/mol. The summed E-state index contributed by atoms with van der Waals surface area (Å²) in [6, 6.07) is 10.1. The summed E-state index contributed by atoms with van der Waals surface area (Å²) >= 11 is 0. The maximum atomic E-state index is 6.47. The summed E-state index contributed by atoms with van der Waals surface area (Å²) in [6.07, 6.45) is 1.02. The third-order valence-corrected chi connectivity index (χ3v) is 4.73. The molecule has 1 aliphatic rings. The van der Waals surface area contributed by atoms with Crippen molar-refractivity contribution < 1.29 is 0 Å². The second-order valence-electron chi connectivity index (χ2n) is 6.60. The quantitative estimate of drug-likeness (QED) is 0.904. The summed E-state index contributed by atoms with van der Waals surface area (Å²) in [7, 11) is 0. The predicted octanol–water partition coefficient (Wildman–Crippen LogP) is 2.80. The van der Waals surface area contributed by atoms with Gasteiger partial charge in [0.25, 0.3) is 0 Å². The molecular weight excluding hydrogens is 258 g/mol. The van der Waals surface area contributed by atoms with Crippen molar-refractivity contribution in [3.8, 4) is 0 Å². The fraction of sp³-hybridized carbons (Fsp3) is 0.667. The summed E-state index contributed by atoms with van der Waals surface area (Å²) in [5.74, 6) is 0. The smallest absolute Gasteiger partial charge is 0.0500 e. The van der Waals surface area contributed by atoms with Gasteiger partial charge in [0, 0.05) is 44.3 Å². The van der Waals surface area contributed by atoms with Crippen LogP contribution < -0.4 is 5.73 Å². The van der Waals surface area contributed by atoms with E-state index >= 15 is 0 Å². The van der Waals surface area contributed by atoms with Gasteiger partial charge in [0.05, 0.1) is 0 Å². The summed E-state index contributed by atoms with van der Waals surface area (Å²) in [4.78, 5) is 5.14. The lowest BCUT2D eigenvalue weighted by Gasteiger charge is -2.42.